The fraction of sp³-hybridized carbons (Fsp3) is 0.130. The standard InChI is InChI=1S/C23H19ClN2O2/c1-2-21-22(15-3-11-19(27)12-4-15)25-26-23(21,16-5-9-18(24)10-6-16)17-7-13-20(28)14-8-17/h3-14,27-28H,2H2,1H3. The van der Waals surface area contributed by atoms with Crippen molar-refractivity contribution < 1.29 is 10.2 Å². The summed E-state index contributed by atoms with van der Waals surface area (Å²) < 4.78 is 0. The molecule has 1 aliphatic rings. The van der Waals surface area contributed by atoms with Crippen LogP contribution in [-0.2, 0) is 5.54 Å². The average Bonchev–Trinajstić information content (AvgIpc) is 3.10. The Morgan fingerprint density at radius 3 is 1.82 bits per heavy atom. The first-order chi connectivity index (χ1) is 13.5. The molecule has 0 saturated carbocycles. The summed E-state index contributed by atoms with van der Waals surface area (Å²) in [5, 5.41) is 29.4. The van der Waals surface area contributed by atoms with E-state index in [2.05, 4.69) is 12.0 Å². The minimum absolute atomic E-state index is 0.200. The zero-order valence-electron chi connectivity index (χ0n) is 15.3. The molecule has 28 heavy (non-hydrogen) atoms. The number of azo groups is 1. The van der Waals surface area contributed by atoms with E-state index in [0.717, 1.165) is 34.4 Å². The van der Waals surface area contributed by atoms with Gasteiger partial charge in [-0.25, -0.2) is 0 Å². The zero-order chi connectivity index (χ0) is 19.7. The second kappa shape index (κ2) is 7.13. The fourth-order valence-corrected chi connectivity index (χ4v) is 3.84. The van der Waals surface area contributed by atoms with E-state index in [1.807, 2.05) is 48.5 Å². The van der Waals surface area contributed by atoms with Crippen molar-refractivity contribution in [2.24, 2.45) is 10.2 Å². The normalized spacial score (nSPS) is 18.6. The fourth-order valence-electron chi connectivity index (χ4n) is 3.72. The Hall–Kier alpha value is -3.11. The summed E-state index contributed by atoms with van der Waals surface area (Å²) in [5.74, 6) is 0.408. The van der Waals surface area contributed by atoms with Gasteiger partial charge in [-0.1, -0.05) is 42.8 Å². The molecule has 2 N–H and O–H groups in total. The molecule has 0 radical (unpaired) electrons. The third-order valence-corrected chi connectivity index (χ3v) is 5.32. The average molecular weight is 391 g/mol. The van der Waals surface area contributed by atoms with Crippen molar-refractivity contribution in [2.45, 2.75) is 18.9 Å². The van der Waals surface area contributed by atoms with Gasteiger partial charge in [-0.15, -0.1) is 0 Å². The number of aromatic hydroxyl groups is 2. The summed E-state index contributed by atoms with van der Waals surface area (Å²) in [4.78, 5) is 0. The van der Waals surface area contributed by atoms with Gasteiger partial charge in [-0.3, -0.25) is 0 Å². The predicted molar refractivity (Wildman–Crippen MR) is 111 cm³/mol. The predicted octanol–water partition coefficient (Wildman–Crippen LogP) is 6.28. The summed E-state index contributed by atoms with van der Waals surface area (Å²) in [6.45, 7) is 2.08. The molecule has 0 saturated heterocycles. The van der Waals surface area contributed by atoms with Crippen LogP contribution in [0.4, 0.5) is 0 Å². The molecule has 3 aromatic rings. The van der Waals surface area contributed by atoms with Gasteiger partial charge in [0.15, 0.2) is 5.54 Å². The van der Waals surface area contributed by atoms with Gasteiger partial charge in [0.2, 0.25) is 0 Å². The van der Waals surface area contributed by atoms with Crippen molar-refractivity contribution in [2.75, 3.05) is 0 Å². The summed E-state index contributed by atoms with van der Waals surface area (Å²) in [7, 11) is 0. The quantitative estimate of drug-likeness (QED) is 0.550. The molecule has 0 spiro atoms. The van der Waals surface area contributed by atoms with Gasteiger partial charge in [-0.2, -0.15) is 10.2 Å². The first-order valence-electron chi connectivity index (χ1n) is 9.06. The molecule has 4 rings (SSSR count). The van der Waals surface area contributed by atoms with Crippen LogP contribution in [0.3, 0.4) is 0 Å². The van der Waals surface area contributed by atoms with Gasteiger partial charge in [0.25, 0.3) is 0 Å². The Balaban J connectivity index is 1.98. The van der Waals surface area contributed by atoms with Gasteiger partial charge in [0, 0.05) is 10.6 Å². The number of hydrogen-bond donors (Lipinski definition) is 2. The lowest BCUT2D eigenvalue weighted by Gasteiger charge is -2.29. The molecule has 4 nitrogen and oxygen atoms in total. The maximum absolute atomic E-state index is 9.76. The number of halogens is 1. The molecule has 1 heterocycles. The van der Waals surface area contributed by atoms with E-state index >= 15 is 0 Å². The number of phenolic OH excluding ortho intramolecular Hbond substituents is 2. The first-order valence-corrected chi connectivity index (χ1v) is 9.44. The molecule has 0 aliphatic carbocycles. The van der Waals surface area contributed by atoms with Crippen LogP contribution < -0.4 is 0 Å². The maximum atomic E-state index is 9.76. The number of hydrogen-bond acceptors (Lipinski definition) is 4. The Kier molecular flexibility index (Phi) is 4.65. The number of nitrogens with zero attached hydrogens (tertiary/aromatic N) is 2. The van der Waals surface area contributed by atoms with Crippen LogP contribution in [0.25, 0.3) is 5.70 Å². The molecule has 1 atom stereocenters. The topological polar surface area (TPSA) is 65.2 Å². The van der Waals surface area contributed by atoms with Gasteiger partial charge in [-0.05, 0) is 71.7 Å². The highest BCUT2D eigenvalue weighted by atomic mass is 35.5. The molecule has 0 amide bonds. The number of benzene rings is 3. The van der Waals surface area contributed by atoms with Gasteiger partial charge >= 0.3 is 0 Å². The van der Waals surface area contributed by atoms with E-state index in [0.29, 0.717) is 5.02 Å². The zero-order valence-corrected chi connectivity index (χ0v) is 16.1. The lowest BCUT2D eigenvalue weighted by Crippen LogP contribution is -2.26. The molecule has 0 bridgehead atoms. The SMILES string of the molecule is CCC1=C(c2ccc(O)cc2)N=NC1(c1ccc(O)cc1)c1ccc(Cl)cc1. The van der Waals surface area contributed by atoms with Crippen molar-refractivity contribution in [3.05, 3.63) is 100 Å². The molecular formula is C23H19ClN2O2. The minimum Gasteiger partial charge on any atom is -0.508 e. The first kappa shape index (κ1) is 18.3. The van der Waals surface area contributed by atoms with Crippen LogP contribution in [-0.4, -0.2) is 10.2 Å². The van der Waals surface area contributed by atoms with E-state index in [1.165, 1.54) is 0 Å². The second-order valence-electron chi connectivity index (χ2n) is 6.69. The van der Waals surface area contributed by atoms with Gasteiger partial charge in [0.05, 0.1) is 5.70 Å². The van der Waals surface area contributed by atoms with Crippen LogP contribution in [0.5, 0.6) is 11.5 Å². The van der Waals surface area contributed by atoms with Crippen molar-refractivity contribution in [1.29, 1.82) is 0 Å². The van der Waals surface area contributed by atoms with E-state index in [-0.39, 0.29) is 11.5 Å². The van der Waals surface area contributed by atoms with E-state index < -0.39 is 5.54 Å². The monoisotopic (exact) mass is 390 g/mol. The molecule has 1 unspecified atom stereocenters. The van der Waals surface area contributed by atoms with E-state index in [9.17, 15) is 10.2 Å². The summed E-state index contributed by atoms with van der Waals surface area (Å²) in [6.07, 6.45) is 0.729. The summed E-state index contributed by atoms with van der Waals surface area (Å²) in [5.41, 5.74) is 3.82. The summed E-state index contributed by atoms with van der Waals surface area (Å²) in [6, 6.07) is 21.7. The van der Waals surface area contributed by atoms with Crippen molar-refractivity contribution in [3.8, 4) is 11.5 Å². The molecular weight excluding hydrogens is 372 g/mol. The molecule has 1 aliphatic heterocycles. The maximum Gasteiger partial charge on any atom is 0.155 e. The molecule has 140 valence electrons. The van der Waals surface area contributed by atoms with Crippen molar-refractivity contribution in [3.63, 3.8) is 0 Å². The van der Waals surface area contributed by atoms with Crippen molar-refractivity contribution in [1.82, 2.24) is 0 Å². The number of rotatable bonds is 4. The highest BCUT2D eigenvalue weighted by molar-refractivity contribution is 6.30. The molecule has 5 heteroatoms. The largest absolute Gasteiger partial charge is 0.508 e. The Labute approximate surface area is 168 Å². The van der Waals surface area contributed by atoms with E-state index in [4.69, 9.17) is 16.7 Å². The third kappa shape index (κ3) is 2.96. The lowest BCUT2D eigenvalue weighted by molar-refractivity contribution is 0.474. The third-order valence-electron chi connectivity index (χ3n) is 5.06. The van der Waals surface area contributed by atoms with Gasteiger partial charge < -0.3 is 10.2 Å². The number of phenols is 2. The van der Waals surface area contributed by atoms with E-state index in [1.54, 1.807) is 24.3 Å². The Bertz CT molecular complexity index is 1010. The Morgan fingerprint density at radius 1 is 0.786 bits per heavy atom. The second-order valence-corrected chi connectivity index (χ2v) is 7.13. The van der Waals surface area contributed by atoms with Crippen LogP contribution in [0.15, 0.2) is 88.6 Å². The Morgan fingerprint density at radius 2 is 1.29 bits per heavy atom. The van der Waals surface area contributed by atoms with Gasteiger partial charge in [0.1, 0.15) is 11.5 Å². The smallest absolute Gasteiger partial charge is 0.155 e. The minimum atomic E-state index is -0.791. The van der Waals surface area contributed by atoms with Crippen molar-refractivity contribution >= 4 is 17.3 Å². The lowest BCUT2D eigenvalue weighted by atomic mass is 9.75. The molecule has 0 fully saturated rings. The molecule has 3 aromatic carbocycles. The van der Waals surface area contributed by atoms with Crippen LogP contribution in [0.1, 0.15) is 30.0 Å². The van der Waals surface area contributed by atoms with Crippen LogP contribution >= 0.6 is 11.6 Å². The van der Waals surface area contributed by atoms with Crippen LogP contribution in [0.2, 0.25) is 5.02 Å². The molecule has 0 aromatic heterocycles. The highest BCUT2D eigenvalue weighted by Crippen LogP contribution is 2.50. The van der Waals surface area contributed by atoms with Crippen LogP contribution in [0, 0.1) is 0 Å². The summed E-state index contributed by atoms with van der Waals surface area (Å²) >= 11 is 6.12. The highest BCUT2D eigenvalue weighted by Gasteiger charge is 2.43.